The van der Waals surface area contributed by atoms with E-state index in [9.17, 15) is 13.2 Å². The van der Waals surface area contributed by atoms with Gasteiger partial charge in [0.25, 0.3) is 0 Å². The maximum absolute atomic E-state index is 12.3. The number of rotatable bonds is 5. The van der Waals surface area contributed by atoms with E-state index in [1.807, 2.05) is 31.2 Å². The smallest absolute Gasteiger partial charge is 0.310 e. The second-order valence-corrected chi connectivity index (χ2v) is 6.12. The van der Waals surface area contributed by atoms with Crippen LogP contribution in [0.25, 0.3) is 0 Å². The molecule has 118 valence electrons. The summed E-state index contributed by atoms with van der Waals surface area (Å²) >= 11 is 5.85. The summed E-state index contributed by atoms with van der Waals surface area (Å²) in [5, 5.41) is 4.09. The maximum atomic E-state index is 12.3. The molecule has 0 spiro atoms. The van der Waals surface area contributed by atoms with Crippen molar-refractivity contribution in [3.63, 3.8) is 0 Å². The maximum Gasteiger partial charge on any atom is 0.401 e. The predicted molar refractivity (Wildman–Crippen MR) is 78.5 cm³/mol. The Morgan fingerprint density at radius 3 is 2.62 bits per heavy atom. The summed E-state index contributed by atoms with van der Waals surface area (Å²) in [5.74, 6) is 0.280. The molecule has 2 atom stereocenters. The van der Waals surface area contributed by atoms with Crippen LogP contribution in [0.1, 0.15) is 24.9 Å². The minimum atomic E-state index is -4.10. The molecule has 1 saturated heterocycles. The fraction of sp³-hybridized carbons (Fsp3) is 0.600. The highest BCUT2D eigenvalue weighted by molar-refractivity contribution is 6.30. The molecule has 2 unspecified atom stereocenters. The van der Waals surface area contributed by atoms with Crippen LogP contribution in [0.15, 0.2) is 24.3 Å². The molecule has 0 aliphatic carbocycles. The van der Waals surface area contributed by atoms with E-state index in [-0.39, 0.29) is 12.0 Å². The van der Waals surface area contributed by atoms with Crippen LogP contribution in [-0.4, -0.2) is 37.3 Å². The van der Waals surface area contributed by atoms with Gasteiger partial charge in [0, 0.05) is 17.6 Å². The highest BCUT2D eigenvalue weighted by Crippen LogP contribution is 2.23. The Balaban J connectivity index is 1.75. The largest absolute Gasteiger partial charge is 0.401 e. The van der Waals surface area contributed by atoms with Crippen LogP contribution in [0.5, 0.6) is 0 Å². The molecule has 0 radical (unpaired) electrons. The summed E-state index contributed by atoms with van der Waals surface area (Å²) in [4.78, 5) is 1.49. The third-order valence-corrected chi connectivity index (χ3v) is 4.11. The normalized spacial score (nSPS) is 21.7. The molecule has 1 aliphatic rings. The van der Waals surface area contributed by atoms with Crippen LogP contribution in [-0.2, 0) is 0 Å². The molecular weight excluding hydrogens is 301 g/mol. The lowest BCUT2D eigenvalue weighted by Crippen LogP contribution is -2.34. The lowest BCUT2D eigenvalue weighted by atomic mass is 10.1. The van der Waals surface area contributed by atoms with Gasteiger partial charge in [0.15, 0.2) is 0 Å². The Bertz CT molecular complexity index is 447. The number of nitrogens with zero attached hydrogens (tertiary/aromatic N) is 1. The van der Waals surface area contributed by atoms with Gasteiger partial charge >= 0.3 is 6.18 Å². The number of alkyl halides is 3. The van der Waals surface area contributed by atoms with Gasteiger partial charge in [0.2, 0.25) is 0 Å². The average Bonchev–Trinajstić information content (AvgIpc) is 2.82. The molecule has 1 aromatic carbocycles. The summed E-state index contributed by atoms with van der Waals surface area (Å²) in [6.07, 6.45) is -3.28. The molecule has 1 aliphatic heterocycles. The van der Waals surface area contributed by atoms with Crippen LogP contribution < -0.4 is 5.32 Å². The number of halogens is 4. The van der Waals surface area contributed by atoms with Gasteiger partial charge in [-0.1, -0.05) is 23.7 Å². The molecule has 1 heterocycles. The first-order chi connectivity index (χ1) is 9.83. The summed E-state index contributed by atoms with van der Waals surface area (Å²) in [6, 6.07) is 7.78. The van der Waals surface area contributed by atoms with Gasteiger partial charge in [-0.2, -0.15) is 13.2 Å². The second kappa shape index (κ2) is 6.99. The topological polar surface area (TPSA) is 15.3 Å². The fourth-order valence-corrected chi connectivity index (χ4v) is 2.82. The number of likely N-dealkylation sites (tertiary alicyclic amines) is 1. The lowest BCUT2D eigenvalue weighted by molar-refractivity contribution is -0.143. The van der Waals surface area contributed by atoms with Crippen molar-refractivity contribution in [2.45, 2.75) is 25.6 Å². The second-order valence-electron chi connectivity index (χ2n) is 5.69. The third kappa shape index (κ3) is 5.49. The monoisotopic (exact) mass is 320 g/mol. The van der Waals surface area contributed by atoms with E-state index in [1.54, 1.807) is 0 Å². The summed E-state index contributed by atoms with van der Waals surface area (Å²) in [7, 11) is 0. The van der Waals surface area contributed by atoms with E-state index in [0.29, 0.717) is 18.1 Å². The zero-order valence-corrected chi connectivity index (χ0v) is 12.7. The first-order valence-electron chi connectivity index (χ1n) is 7.11. The van der Waals surface area contributed by atoms with E-state index in [2.05, 4.69) is 5.32 Å². The molecular formula is C15H20ClF3N2. The number of nitrogens with one attached hydrogen (secondary N) is 1. The summed E-state index contributed by atoms with van der Waals surface area (Å²) < 4.78 is 37.0. The molecule has 0 saturated carbocycles. The van der Waals surface area contributed by atoms with Crippen LogP contribution in [0, 0.1) is 5.92 Å². The van der Waals surface area contributed by atoms with Gasteiger partial charge in [-0.05, 0) is 50.0 Å². The van der Waals surface area contributed by atoms with Crippen molar-refractivity contribution in [3.8, 4) is 0 Å². The van der Waals surface area contributed by atoms with E-state index in [0.717, 1.165) is 18.5 Å². The zero-order chi connectivity index (χ0) is 15.5. The van der Waals surface area contributed by atoms with Crippen LogP contribution in [0.3, 0.4) is 0 Å². The van der Waals surface area contributed by atoms with Crippen molar-refractivity contribution in [1.82, 2.24) is 10.2 Å². The molecule has 0 aromatic heterocycles. The fourth-order valence-electron chi connectivity index (χ4n) is 2.69. The minimum absolute atomic E-state index is 0.166. The molecule has 0 bridgehead atoms. The van der Waals surface area contributed by atoms with Gasteiger partial charge in [-0.25, -0.2) is 0 Å². The van der Waals surface area contributed by atoms with Crippen molar-refractivity contribution in [3.05, 3.63) is 34.9 Å². The van der Waals surface area contributed by atoms with E-state index >= 15 is 0 Å². The predicted octanol–water partition coefficient (Wildman–Crippen LogP) is 3.87. The molecule has 1 N–H and O–H groups in total. The van der Waals surface area contributed by atoms with Crippen molar-refractivity contribution in [2.75, 3.05) is 26.2 Å². The molecule has 2 nitrogen and oxygen atoms in total. The van der Waals surface area contributed by atoms with Gasteiger partial charge in [0.1, 0.15) is 0 Å². The van der Waals surface area contributed by atoms with Crippen LogP contribution >= 0.6 is 11.6 Å². The first kappa shape index (κ1) is 16.6. The number of benzene rings is 1. The SMILES string of the molecule is CC(NCC1CCN(CC(F)(F)F)C1)c1ccc(Cl)cc1. The Kier molecular flexibility index (Phi) is 5.52. The van der Waals surface area contributed by atoms with E-state index < -0.39 is 12.7 Å². The Morgan fingerprint density at radius 1 is 1.33 bits per heavy atom. The van der Waals surface area contributed by atoms with Crippen molar-refractivity contribution < 1.29 is 13.2 Å². The molecule has 0 amide bonds. The van der Waals surface area contributed by atoms with E-state index in [1.165, 1.54) is 4.90 Å². The van der Waals surface area contributed by atoms with Crippen LogP contribution in [0.4, 0.5) is 13.2 Å². The lowest BCUT2D eigenvalue weighted by Gasteiger charge is -2.19. The Morgan fingerprint density at radius 2 is 2.00 bits per heavy atom. The molecule has 6 heteroatoms. The minimum Gasteiger partial charge on any atom is -0.310 e. The molecule has 1 aromatic rings. The molecule has 1 fully saturated rings. The summed E-state index contributed by atoms with van der Waals surface area (Å²) in [5.41, 5.74) is 1.13. The number of hydrogen-bond donors (Lipinski definition) is 1. The Labute approximate surface area is 128 Å². The third-order valence-electron chi connectivity index (χ3n) is 3.86. The zero-order valence-electron chi connectivity index (χ0n) is 12.0. The average molecular weight is 321 g/mol. The van der Waals surface area contributed by atoms with Gasteiger partial charge in [-0.15, -0.1) is 0 Å². The summed E-state index contributed by atoms with van der Waals surface area (Å²) in [6.45, 7) is 3.03. The van der Waals surface area contributed by atoms with Crippen molar-refractivity contribution >= 4 is 11.6 Å². The number of hydrogen-bond acceptors (Lipinski definition) is 2. The first-order valence-corrected chi connectivity index (χ1v) is 7.49. The van der Waals surface area contributed by atoms with Crippen LogP contribution in [0.2, 0.25) is 5.02 Å². The highest BCUT2D eigenvalue weighted by atomic mass is 35.5. The van der Waals surface area contributed by atoms with Gasteiger partial charge in [0.05, 0.1) is 6.54 Å². The quantitative estimate of drug-likeness (QED) is 0.886. The Hall–Kier alpha value is -0.780. The molecule has 2 rings (SSSR count). The standard InChI is InChI=1S/C15H20ClF3N2/c1-11(13-2-4-14(16)5-3-13)20-8-12-6-7-21(9-12)10-15(17,18)19/h2-5,11-12,20H,6-10H2,1H3. The van der Waals surface area contributed by atoms with Gasteiger partial charge in [-0.3, -0.25) is 4.90 Å². The van der Waals surface area contributed by atoms with Crippen molar-refractivity contribution in [1.29, 1.82) is 0 Å². The molecule has 21 heavy (non-hydrogen) atoms. The van der Waals surface area contributed by atoms with Gasteiger partial charge < -0.3 is 5.32 Å². The highest BCUT2D eigenvalue weighted by Gasteiger charge is 2.34. The van der Waals surface area contributed by atoms with E-state index in [4.69, 9.17) is 11.6 Å². The van der Waals surface area contributed by atoms with Crippen molar-refractivity contribution in [2.24, 2.45) is 5.92 Å².